The largest absolute Gasteiger partial charge is 0.456 e. The Morgan fingerprint density at radius 2 is 1.12 bits per heavy atom. The standard InChI is InChI=1S/C63H55BN2O2/c1-60(2,3)34-18-20-35(21-19-34)65-51-29-41-40-26-48-49(62(6,7)25-24-61(48,4)5)32-47(40)63(8,9)46(41)27-42(51)38-22-23-39-43-31-56-45(37-15-11-13-17-55(37)67-56)30-52(43)66-53-33-57-44(28-50(53)64-58(38)59(39)66)36-14-10-12-16-54(36)68-57/h10-23,26-33,64-65H,24-25H2,1-9H3. The Morgan fingerprint density at radius 3 is 1.81 bits per heavy atom. The maximum Gasteiger partial charge on any atom is 0.198 e. The molecule has 0 saturated carbocycles. The van der Waals surface area contributed by atoms with Gasteiger partial charge in [-0.1, -0.05) is 141 Å². The van der Waals surface area contributed by atoms with E-state index >= 15 is 0 Å². The number of hydrogen-bond donors (Lipinski definition) is 1. The van der Waals surface area contributed by atoms with Gasteiger partial charge in [0.05, 0.1) is 5.52 Å². The fourth-order valence-corrected chi connectivity index (χ4v) is 12.8. The smallest absolute Gasteiger partial charge is 0.198 e. The lowest BCUT2D eigenvalue weighted by atomic mass is 9.58. The van der Waals surface area contributed by atoms with Crippen molar-refractivity contribution in [2.75, 3.05) is 5.32 Å². The van der Waals surface area contributed by atoms with Crippen LogP contribution in [0.25, 0.3) is 93.6 Å². The Bertz CT molecular complexity index is 4030. The quantitative estimate of drug-likeness (QED) is 0.180. The molecule has 11 aromatic rings. The molecule has 0 atom stereocenters. The Labute approximate surface area is 398 Å². The molecule has 5 heteroatoms. The Balaban J connectivity index is 1.05. The molecule has 1 N–H and O–H groups in total. The minimum Gasteiger partial charge on any atom is -0.456 e. The van der Waals surface area contributed by atoms with Crippen LogP contribution in [0.1, 0.15) is 103 Å². The van der Waals surface area contributed by atoms with Gasteiger partial charge in [-0.3, -0.25) is 0 Å². The van der Waals surface area contributed by atoms with Crippen molar-refractivity contribution in [2.45, 2.75) is 96.8 Å². The summed E-state index contributed by atoms with van der Waals surface area (Å²) < 4.78 is 15.7. The van der Waals surface area contributed by atoms with Gasteiger partial charge in [0.15, 0.2) is 7.28 Å². The molecule has 0 amide bonds. The highest BCUT2D eigenvalue weighted by Gasteiger charge is 2.43. The molecular formula is C63H55BN2O2. The first-order valence-electron chi connectivity index (χ1n) is 24.7. The zero-order chi connectivity index (χ0) is 46.4. The second-order valence-electron chi connectivity index (χ2n) is 23.3. The lowest BCUT2D eigenvalue weighted by Gasteiger charge is -2.42. The van der Waals surface area contributed by atoms with Gasteiger partial charge >= 0.3 is 0 Å². The third kappa shape index (κ3) is 5.45. The first-order chi connectivity index (χ1) is 32.5. The highest BCUT2D eigenvalue weighted by molar-refractivity contribution is 6.73. The molecule has 0 radical (unpaired) electrons. The van der Waals surface area contributed by atoms with E-state index in [-0.39, 0.29) is 21.7 Å². The van der Waals surface area contributed by atoms with Gasteiger partial charge in [0.2, 0.25) is 0 Å². The van der Waals surface area contributed by atoms with Gasteiger partial charge in [-0.25, -0.2) is 0 Å². The van der Waals surface area contributed by atoms with Gasteiger partial charge in [0.1, 0.15) is 22.3 Å². The molecule has 2 aliphatic carbocycles. The van der Waals surface area contributed by atoms with E-state index in [2.05, 4.69) is 206 Å². The van der Waals surface area contributed by atoms with Crippen molar-refractivity contribution in [2.24, 2.45) is 0 Å². The van der Waals surface area contributed by atoms with Crippen LogP contribution in [0.4, 0.5) is 11.4 Å². The maximum atomic E-state index is 6.60. The molecule has 0 bridgehead atoms. The van der Waals surface area contributed by atoms with Crippen molar-refractivity contribution in [3.63, 3.8) is 0 Å². The van der Waals surface area contributed by atoms with Crippen LogP contribution < -0.4 is 16.2 Å². The summed E-state index contributed by atoms with van der Waals surface area (Å²) in [5.74, 6) is 0. The van der Waals surface area contributed by atoms with E-state index in [0.717, 1.165) is 62.5 Å². The number of aromatic nitrogens is 1. The first-order valence-corrected chi connectivity index (χ1v) is 24.7. The monoisotopic (exact) mass is 882 g/mol. The number of anilines is 2. The number of furan rings is 2. The normalized spacial score (nSPS) is 16.4. The van der Waals surface area contributed by atoms with Crippen LogP contribution in [0.5, 0.6) is 0 Å². The molecule has 4 heterocycles. The van der Waals surface area contributed by atoms with Crippen LogP contribution in [0, 0.1) is 0 Å². The Hall–Kier alpha value is -6.98. The summed E-state index contributed by atoms with van der Waals surface area (Å²) in [5.41, 5.74) is 24.5. The van der Waals surface area contributed by atoms with Crippen LogP contribution in [0.2, 0.25) is 0 Å². The predicted molar refractivity (Wildman–Crippen MR) is 288 cm³/mol. The molecule has 0 spiro atoms. The number of fused-ring (bicyclic) bond motifs is 15. The van der Waals surface area contributed by atoms with E-state index in [1.54, 1.807) is 0 Å². The Morgan fingerprint density at radius 1 is 0.515 bits per heavy atom. The third-order valence-corrected chi connectivity index (χ3v) is 16.8. The van der Waals surface area contributed by atoms with Gasteiger partial charge in [0, 0.05) is 71.9 Å². The second-order valence-corrected chi connectivity index (χ2v) is 23.3. The van der Waals surface area contributed by atoms with Gasteiger partial charge in [0.25, 0.3) is 0 Å². The zero-order valence-electron chi connectivity index (χ0n) is 40.6. The summed E-state index contributed by atoms with van der Waals surface area (Å²) in [4.78, 5) is 0. The summed E-state index contributed by atoms with van der Waals surface area (Å²) in [6.07, 6.45) is 2.39. The van der Waals surface area contributed by atoms with Gasteiger partial charge in [-0.2, -0.15) is 0 Å². The topological polar surface area (TPSA) is 43.2 Å². The van der Waals surface area contributed by atoms with Crippen molar-refractivity contribution in [3.05, 3.63) is 161 Å². The highest BCUT2D eigenvalue weighted by Crippen LogP contribution is 2.56. The van der Waals surface area contributed by atoms with Gasteiger partial charge < -0.3 is 18.7 Å². The molecule has 3 aromatic heterocycles. The summed E-state index contributed by atoms with van der Waals surface area (Å²) in [5, 5.41) is 11.0. The fourth-order valence-electron chi connectivity index (χ4n) is 12.8. The van der Waals surface area contributed by atoms with E-state index in [9.17, 15) is 0 Å². The number of para-hydroxylation sites is 2. The van der Waals surface area contributed by atoms with Crippen LogP contribution in [-0.2, 0) is 21.7 Å². The second kappa shape index (κ2) is 13.2. The molecular weight excluding hydrogens is 828 g/mol. The van der Waals surface area contributed by atoms with E-state index < -0.39 is 0 Å². The molecule has 0 unspecified atom stereocenters. The summed E-state index contributed by atoms with van der Waals surface area (Å²) >= 11 is 0. The molecule has 68 heavy (non-hydrogen) atoms. The van der Waals surface area contributed by atoms with E-state index in [4.69, 9.17) is 8.83 Å². The Kier molecular flexibility index (Phi) is 7.77. The molecule has 8 aromatic carbocycles. The lowest BCUT2D eigenvalue weighted by Crippen LogP contribution is -2.37. The molecule has 332 valence electrons. The summed E-state index contributed by atoms with van der Waals surface area (Å²) in [6, 6.07) is 50.3. The van der Waals surface area contributed by atoms with Crippen molar-refractivity contribution < 1.29 is 8.83 Å². The van der Waals surface area contributed by atoms with Gasteiger partial charge in [-0.15, -0.1) is 0 Å². The van der Waals surface area contributed by atoms with Crippen molar-refractivity contribution >= 4 is 95.3 Å². The number of nitrogens with zero attached hydrogens (tertiary/aromatic N) is 1. The van der Waals surface area contributed by atoms with Crippen LogP contribution in [-0.4, -0.2) is 11.8 Å². The van der Waals surface area contributed by atoms with Crippen molar-refractivity contribution in [1.29, 1.82) is 0 Å². The van der Waals surface area contributed by atoms with Crippen LogP contribution >= 0.6 is 0 Å². The molecule has 0 fully saturated rings. The number of nitrogens with one attached hydrogen (secondary N) is 1. The predicted octanol–water partition coefficient (Wildman–Crippen LogP) is 15.6. The number of rotatable bonds is 3. The van der Waals surface area contributed by atoms with Crippen molar-refractivity contribution in [3.8, 4) is 27.9 Å². The average molecular weight is 883 g/mol. The minimum atomic E-state index is -0.202. The number of hydrogen-bond acceptors (Lipinski definition) is 3. The molecule has 14 rings (SSSR count). The van der Waals surface area contributed by atoms with E-state index in [1.165, 1.54) is 101 Å². The first kappa shape index (κ1) is 40.1. The third-order valence-electron chi connectivity index (χ3n) is 16.8. The molecule has 3 aliphatic rings. The molecule has 1 aliphatic heterocycles. The minimum absolute atomic E-state index is 0.0604. The van der Waals surface area contributed by atoms with Crippen LogP contribution in [0.15, 0.2) is 142 Å². The SMILES string of the molecule is CC(C)(C)c1ccc(Nc2cc3c(cc2-c2ccc4c5cc6oc7ccccc7c6cc5n5c4c2Bc2cc4c(cc2-5)oc2ccccc24)C(C)(C)c2cc4c(cc2-3)C(C)(C)CCC4(C)C)cc1. The average Bonchev–Trinajstić information content (AvgIpc) is 4.02. The summed E-state index contributed by atoms with van der Waals surface area (Å²) in [6.45, 7) is 21.6. The van der Waals surface area contributed by atoms with Crippen LogP contribution in [0.3, 0.4) is 0 Å². The highest BCUT2D eigenvalue weighted by atomic mass is 16.3. The molecule has 4 nitrogen and oxygen atoms in total. The molecule has 0 saturated heterocycles. The van der Waals surface area contributed by atoms with E-state index in [1.807, 2.05) is 0 Å². The van der Waals surface area contributed by atoms with Crippen molar-refractivity contribution in [1.82, 2.24) is 4.57 Å². The van der Waals surface area contributed by atoms with E-state index in [0.29, 0.717) is 0 Å². The summed E-state index contributed by atoms with van der Waals surface area (Å²) in [7, 11) is 0.782. The number of benzene rings is 8. The maximum absolute atomic E-state index is 6.60. The lowest BCUT2D eigenvalue weighted by molar-refractivity contribution is 0.331. The van der Waals surface area contributed by atoms with Gasteiger partial charge in [-0.05, 0) is 134 Å². The zero-order valence-corrected chi connectivity index (χ0v) is 40.6. The fraction of sp³-hybridized carbons (Fsp3) is 0.238.